The van der Waals surface area contributed by atoms with Crippen LogP contribution in [0.3, 0.4) is 0 Å². The van der Waals surface area contributed by atoms with E-state index in [-0.39, 0.29) is 11.7 Å². The molecule has 0 fully saturated rings. The van der Waals surface area contributed by atoms with E-state index in [1.807, 2.05) is 32.0 Å². The molecule has 0 saturated carbocycles. The lowest BCUT2D eigenvalue weighted by atomic mass is 9.94. The zero-order valence-corrected chi connectivity index (χ0v) is 14.8. The van der Waals surface area contributed by atoms with Crippen LogP contribution in [-0.4, -0.2) is 11.9 Å². The predicted octanol–water partition coefficient (Wildman–Crippen LogP) is 3.71. The lowest BCUT2D eigenvalue weighted by molar-refractivity contribution is -0.113. The normalized spacial score (nSPS) is 16.8. The van der Waals surface area contributed by atoms with Gasteiger partial charge >= 0.3 is 6.03 Å². The third kappa shape index (κ3) is 3.59. The van der Waals surface area contributed by atoms with Gasteiger partial charge in [0.1, 0.15) is 5.82 Å². The van der Waals surface area contributed by atoms with Gasteiger partial charge in [0, 0.05) is 11.4 Å². The molecule has 2 aromatic rings. The summed E-state index contributed by atoms with van der Waals surface area (Å²) in [5.41, 5.74) is 4.16. The summed E-state index contributed by atoms with van der Waals surface area (Å²) in [6.07, 6.45) is 0. The fourth-order valence-corrected chi connectivity index (χ4v) is 2.96. The topological polar surface area (TPSA) is 70.2 Å². The van der Waals surface area contributed by atoms with E-state index in [4.69, 9.17) is 0 Å². The maximum atomic E-state index is 13.2. The average molecular weight is 353 g/mol. The van der Waals surface area contributed by atoms with Gasteiger partial charge in [-0.1, -0.05) is 24.3 Å². The average Bonchev–Trinajstić information content (AvgIpc) is 2.58. The van der Waals surface area contributed by atoms with Crippen LogP contribution in [0.1, 0.15) is 29.7 Å². The van der Waals surface area contributed by atoms with Crippen LogP contribution in [0.15, 0.2) is 53.7 Å². The van der Waals surface area contributed by atoms with E-state index in [0.29, 0.717) is 22.5 Å². The number of hydrogen-bond acceptors (Lipinski definition) is 2. The van der Waals surface area contributed by atoms with E-state index in [1.165, 1.54) is 12.1 Å². The molecule has 6 heteroatoms. The van der Waals surface area contributed by atoms with Crippen molar-refractivity contribution in [2.45, 2.75) is 26.8 Å². The van der Waals surface area contributed by atoms with Gasteiger partial charge in [0.2, 0.25) is 0 Å². The largest absolute Gasteiger partial charge is 0.327 e. The van der Waals surface area contributed by atoms with Crippen molar-refractivity contribution >= 4 is 17.6 Å². The van der Waals surface area contributed by atoms with Crippen LogP contribution in [-0.2, 0) is 4.79 Å². The molecular formula is C20H20FN3O2. The molecule has 3 rings (SSSR count). The first-order valence-electron chi connectivity index (χ1n) is 8.27. The molecule has 5 nitrogen and oxygen atoms in total. The second-order valence-corrected chi connectivity index (χ2v) is 6.39. The molecule has 0 aromatic heterocycles. The molecule has 0 spiro atoms. The highest BCUT2D eigenvalue weighted by Gasteiger charge is 2.31. The zero-order chi connectivity index (χ0) is 18.8. The highest BCUT2D eigenvalue weighted by molar-refractivity contribution is 6.07. The summed E-state index contributed by atoms with van der Waals surface area (Å²) in [5.74, 6) is -0.700. The van der Waals surface area contributed by atoms with Crippen molar-refractivity contribution in [1.29, 1.82) is 0 Å². The predicted molar refractivity (Wildman–Crippen MR) is 98.1 cm³/mol. The quantitative estimate of drug-likeness (QED) is 0.787. The smallest absolute Gasteiger partial charge is 0.319 e. The molecule has 0 saturated heterocycles. The first kappa shape index (κ1) is 17.7. The maximum absolute atomic E-state index is 13.2. The van der Waals surface area contributed by atoms with E-state index in [1.54, 1.807) is 19.1 Å². The van der Waals surface area contributed by atoms with Crippen LogP contribution in [0.25, 0.3) is 0 Å². The minimum atomic E-state index is -0.658. The second kappa shape index (κ2) is 7.00. The van der Waals surface area contributed by atoms with Crippen molar-refractivity contribution in [3.8, 4) is 0 Å². The molecule has 2 aromatic carbocycles. The summed E-state index contributed by atoms with van der Waals surface area (Å²) >= 11 is 0. The Labute approximate surface area is 151 Å². The number of aryl methyl sites for hydroxylation is 2. The molecule has 3 N–H and O–H groups in total. The van der Waals surface area contributed by atoms with Crippen molar-refractivity contribution in [2.75, 3.05) is 5.32 Å². The van der Waals surface area contributed by atoms with E-state index in [9.17, 15) is 14.0 Å². The van der Waals surface area contributed by atoms with Crippen LogP contribution in [0.2, 0.25) is 0 Å². The van der Waals surface area contributed by atoms with Gasteiger partial charge < -0.3 is 16.0 Å². The lowest BCUT2D eigenvalue weighted by Gasteiger charge is -2.29. The molecule has 1 aliphatic rings. The molecule has 1 aliphatic heterocycles. The van der Waals surface area contributed by atoms with Crippen LogP contribution in [0.5, 0.6) is 0 Å². The fraction of sp³-hybridized carbons (Fsp3) is 0.200. The van der Waals surface area contributed by atoms with Gasteiger partial charge in [0.05, 0.1) is 11.6 Å². The Morgan fingerprint density at radius 3 is 2.46 bits per heavy atom. The molecule has 1 heterocycles. The standard InChI is InChI=1S/C20H20FN3O2/c1-11-4-5-12(2)16(10-11)23-19(25)17-13(3)22-20(26)24-18(17)14-6-8-15(21)9-7-14/h4-10,18H,1-3H3,(H,23,25)(H2,22,24,26). The Morgan fingerprint density at radius 2 is 1.77 bits per heavy atom. The zero-order valence-electron chi connectivity index (χ0n) is 14.8. The first-order chi connectivity index (χ1) is 12.3. The van der Waals surface area contributed by atoms with E-state index >= 15 is 0 Å². The number of halogens is 1. The maximum Gasteiger partial charge on any atom is 0.319 e. The molecule has 0 radical (unpaired) electrons. The van der Waals surface area contributed by atoms with E-state index in [2.05, 4.69) is 16.0 Å². The Balaban J connectivity index is 1.96. The molecular weight excluding hydrogens is 333 g/mol. The van der Waals surface area contributed by atoms with E-state index < -0.39 is 12.1 Å². The SMILES string of the molecule is CC1=C(C(=O)Nc2cc(C)ccc2C)C(c2ccc(F)cc2)NC(=O)N1. The monoisotopic (exact) mass is 353 g/mol. The Morgan fingerprint density at radius 1 is 1.08 bits per heavy atom. The number of nitrogens with one attached hydrogen (secondary N) is 3. The number of hydrogen-bond donors (Lipinski definition) is 3. The first-order valence-corrected chi connectivity index (χ1v) is 8.27. The molecule has 3 amide bonds. The third-order valence-electron chi connectivity index (χ3n) is 4.36. The Bertz CT molecular complexity index is 904. The third-order valence-corrected chi connectivity index (χ3v) is 4.36. The lowest BCUT2D eigenvalue weighted by Crippen LogP contribution is -2.46. The number of urea groups is 1. The minimum absolute atomic E-state index is 0.321. The van der Waals surface area contributed by atoms with Crippen LogP contribution in [0, 0.1) is 19.7 Å². The molecule has 1 unspecified atom stereocenters. The van der Waals surface area contributed by atoms with Gasteiger partial charge in [0.25, 0.3) is 5.91 Å². The van der Waals surface area contributed by atoms with Gasteiger partial charge in [-0.15, -0.1) is 0 Å². The van der Waals surface area contributed by atoms with Crippen molar-refractivity contribution in [3.63, 3.8) is 0 Å². The number of benzene rings is 2. The van der Waals surface area contributed by atoms with Crippen molar-refractivity contribution in [2.24, 2.45) is 0 Å². The summed E-state index contributed by atoms with van der Waals surface area (Å²) in [7, 11) is 0. The van der Waals surface area contributed by atoms with Gasteiger partial charge in [-0.05, 0) is 55.7 Å². The highest BCUT2D eigenvalue weighted by atomic mass is 19.1. The number of anilines is 1. The van der Waals surface area contributed by atoms with Gasteiger partial charge in [0.15, 0.2) is 0 Å². The van der Waals surface area contributed by atoms with Gasteiger partial charge in [-0.3, -0.25) is 4.79 Å². The molecule has 134 valence electrons. The summed E-state index contributed by atoms with van der Waals surface area (Å²) in [6, 6.07) is 10.5. The second-order valence-electron chi connectivity index (χ2n) is 6.39. The fourth-order valence-electron chi connectivity index (χ4n) is 2.96. The van der Waals surface area contributed by atoms with Crippen molar-refractivity contribution < 1.29 is 14.0 Å². The molecule has 26 heavy (non-hydrogen) atoms. The summed E-state index contributed by atoms with van der Waals surface area (Å²) in [5, 5.41) is 8.28. The summed E-state index contributed by atoms with van der Waals surface area (Å²) in [4.78, 5) is 24.9. The molecule has 1 atom stereocenters. The van der Waals surface area contributed by atoms with Crippen molar-refractivity contribution in [1.82, 2.24) is 10.6 Å². The van der Waals surface area contributed by atoms with Crippen LogP contribution < -0.4 is 16.0 Å². The Kier molecular flexibility index (Phi) is 4.75. The molecule has 0 aliphatic carbocycles. The number of rotatable bonds is 3. The highest BCUT2D eigenvalue weighted by Crippen LogP contribution is 2.28. The number of allylic oxidation sites excluding steroid dienone is 1. The Hall–Kier alpha value is -3.15. The minimum Gasteiger partial charge on any atom is -0.327 e. The molecule has 0 bridgehead atoms. The number of carbonyl (C=O) groups is 2. The van der Waals surface area contributed by atoms with Gasteiger partial charge in [-0.2, -0.15) is 0 Å². The van der Waals surface area contributed by atoms with Crippen molar-refractivity contribution in [3.05, 3.63) is 76.2 Å². The number of amides is 3. The summed E-state index contributed by atoms with van der Waals surface area (Å²) < 4.78 is 13.2. The van der Waals surface area contributed by atoms with E-state index in [0.717, 1.165) is 11.1 Å². The van der Waals surface area contributed by atoms with Gasteiger partial charge in [-0.25, -0.2) is 9.18 Å². The summed E-state index contributed by atoms with van der Waals surface area (Å²) in [6.45, 7) is 5.53. The van der Waals surface area contributed by atoms with Crippen LogP contribution >= 0.6 is 0 Å². The van der Waals surface area contributed by atoms with Crippen LogP contribution in [0.4, 0.5) is 14.9 Å². The number of carbonyl (C=O) groups excluding carboxylic acids is 2.